The van der Waals surface area contributed by atoms with E-state index in [-0.39, 0.29) is 18.4 Å². The van der Waals surface area contributed by atoms with E-state index in [1.54, 1.807) is 0 Å². The molecule has 0 radical (unpaired) electrons. The number of hydrogen-bond acceptors (Lipinski definition) is 4. The van der Waals surface area contributed by atoms with Crippen molar-refractivity contribution in [3.8, 4) is 0 Å². The van der Waals surface area contributed by atoms with Crippen molar-refractivity contribution in [3.05, 3.63) is 0 Å². The summed E-state index contributed by atoms with van der Waals surface area (Å²) in [6.45, 7) is 5.00. The first-order chi connectivity index (χ1) is 8.35. The van der Waals surface area contributed by atoms with Gasteiger partial charge in [-0.15, -0.1) is 0 Å². The van der Waals surface area contributed by atoms with Gasteiger partial charge in [0.15, 0.2) is 0 Å². The highest BCUT2D eigenvalue weighted by Crippen LogP contribution is 2.19. The summed E-state index contributed by atoms with van der Waals surface area (Å²) in [7, 11) is 1.45. The first kappa shape index (κ1) is 14.4. The van der Waals surface area contributed by atoms with Gasteiger partial charge in [-0.1, -0.05) is 0 Å². The minimum Gasteiger partial charge on any atom is -0.355 e. The number of urea groups is 1. The van der Waals surface area contributed by atoms with E-state index in [0.717, 1.165) is 0 Å². The summed E-state index contributed by atoms with van der Waals surface area (Å²) in [5, 5.41) is 7.29. The zero-order chi connectivity index (χ0) is 13.8. The van der Waals surface area contributed by atoms with Crippen molar-refractivity contribution in [1.82, 2.24) is 20.9 Å². The third-order valence-electron chi connectivity index (χ3n) is 2.97. The number of hydrogen-bond donors (Lipinski definition) is 3. The van der Waals surface area contributed by atoms with E-state index in [4.69, 9.17) is 0 Å². The van der Waals surface area contributed by atoms with Gasteiger partial charge in [-0.3, -0.25) is 19.8 Å². The molecule has 3 N–H and O–H groups in total. The van der Waals surface area contributed by atoms with Crippen LogP contribution in [0.1, 0.15) is 20.3 Å². The van der Waals surface area contributed by atoms with Crippen molar-refractivity contribution in [2.45, 2.75) is 25.8 Å². The molecule has 1 heterocycles. The molecule has 102 valence electrons. The second-order valence-corrected chi connectivity index (χ2v) is 4.89. The van der Waals surface area contributed by atoms with Gasteiger partial charge < -0.3 is 10.6 Å². The van der Waals surface area contributed by atoms with Crippen molar-refractivity contribution in [2.24, 2.45) is 0 Å². The Kier molecular flexibility index (Phi) is 4.66. The molecule has 0 atom stereocenters. The number of rotatable bonds is 2. The highest BCUT2D eigenvalue weighted by Gasteiger charge is 2.33. The van der Waals surface area contributed by atoms with Gasteiger partial charge in [0, 0.05) is 32.1 Å². The lowest BCUT2D eigenvalue weighted by Gasteiger charge is -2.35. The summed E-state index contributed by atoms with van der Waals surface area (Å²) in [4.78, 5) is 36.0. The number of nitrogens with one attached hydrogen (secondary N) is 3. The normalized spacial score (nSPS) is 19.6. The van der Waals surface area contributed by atoms with Crippen molar-refractivity contribution < 1.29 is 14.4 Å². The van der Waals surface area contributed by atoms with E-state index >= 15 is 0 Å². The molecule has 0 aromatic rings. The van der Waals surface area contributed by atoms with Crippen LogP contribution in [-0.2, 0) is 9.59 Å². The third kappa shape index (κ3) is 3.99. The first-order valence-electron chi connectivity index (χ1n) is 5.88. The van der Waals surface area contributed by atoms with Crippen molar-refractivity contribution in [1.29, 1.82) is 0 Å². The number of imide groups is 1. The maximum Gasteiger partial charge on any atom is 0.321 e. The molecule has 7 heteroatoms. The highest BCUT2D eigenvalue weighted by molar-refractivity contribution is 5.95. The van der Waals surface area contributed by atoms with Crippen LogP contribution in [0.2, 0.25) is 0 Å². The number of carbonyl (C=O) groups excluding carboxylic acids is 3. The zero-order valence-corrected chi connectivity index (χ0v) is 11.0. The fourth-order valence-corrected chi connectivity index (χ4v) is 1.90. The van der Waals surface area contributed by atoms with E-state index in [2.05, 4.69) is 16.0 Å². The third-order valence-corrected chi connectivity index (χ3v) is 2.97. The van der Waals surface area contributed by atoms with Crippen LogP contribution in [0.25, 0.3) is 0 Å². The molecule has 1 saturated heterocycles. The van der Waals surface area contributed by atoms with E-state index in [9.17, 15) is 14.4 Å². The Morgan fingerprint density at radius 1 is 1.44 bits per heavy atom. The monoisotopic (exact) mass is 256 g/mol. The Bertz CT molecular complexity index is 354. The molecule has 0 aromatic carbocycles. The van der Waals surface area contributed by atoms with E-state index in [0.29, 0.717) is 19.5 Å². The van der Waals surface area contributed by atoms with E-state index < -0.39 is 11.6 Å². The molecular weight excluding hydrogens is 236 g/mol. The Morgan fingerprint density at radius 2 is 2.11 bits per heavy atom. The van der Waals surface area contributed by atoms with Crippen LogP contribution in [0.4, 0.5) is 4.79 Å². The number of nitrogens with zero attached hydrogens (tertiary/aromatic N) is 1. The van der Waals surface area contributed by atoms with Crippen LogP contribution in [0, 0.1) is 0 Å². The predicted molar refractivity (Wildman–Crippen MR) is 65.9 cm³/mol. The van der Waals surface area contributed by atoms with Gasteiger partial charge in [-0.2, -0.15) is 0 Å². The average molecular weight is 256 g/mol. The summed E-state index contributed by atoms with van der Waals surface area (Å²) in [5.74, 6) is -0.397. The molecule has 7 nitrogen and oxygen atoms in total. The fraction of sp³-hybridized carbons (Fsp3) is 0.727. The lowest BCUT2D eigenvalue weighted by Crippen LogP contribution is -2.51. The number of carbonyl (C=O) groups is 3. The minimum atomic E-state index is -0.526. The van der Waals surface area contributed by atoms with Crippen LogP contribution in [-0.4, -0.2) is 55.0 Å². The van der Waals surface area contributed by atoms with Crippen molar-refractivity contribution in [3.63, 3.8) is 0 Å². The van der Waals surface area contributed by atoms with E-state index in [1.165, 1.54) is 7.05 Å². The molecule has 1 aliphatic heterocycles. The maximum absolute atomic E-state index is 11.6. The lowest BCUT2D eigenvalue weighted by molar-refractivity contribution is -0.125. The molecular formula is C11H20N4O3. The Balaban J connectivity index is 2.61. The summed E-state index contributed by atoms with van der Waals surface area (Å²) >= 11 is 0. The quantitative estimate of drug-likeness (QED) is 0.593. The van der Waals surface area contributed by atoms with Crippen LogP contribution in [0.5, 0.6) is 0 Å². The summed E-state index contributed by atoms with van der Waals surface area (Å²) in [5.41, 5.74) is -0.402. The van der Waals surface area contributed by atoms with Gasteiger partial charge in [-0.05, 0) is 13.8 Å². The molecule has 1 rings (SSSR count). The smallest absolute Gasteiger partial charge is 0.321 e. The molecule has 0 spiro atoms. The molecule has 0 aromatic heterocycles. The van der Waals surface area contributed by atoms with Gasteiger partial charge in [-0.25, -0.2) is 4.79 Å². The Morgan fingerprint density at radius 3 is 2.72 bits per heavy atom. The SMILES string of the molecule is CNC(=O)NC(=O)CN1CCNC(=O)CC1(C)C. The van der Waals surface area contributed by atoms with Gasteiger partial charge in [0.25, 0.3) is 0 Å². The largest absolute Gasteiger partial charge is 0.355 e. The molecule has 0 bridgehead atoms. The molecule has 0 saturated carbocycles. The van der Waals surface area contributed by atoms with Crippen LogP contribution >= 0.6 is 0 Å². The van der Waals surface area contributed by atoms with Gasteiger partial charge >= 0.3 is 6.03 Å². The molecule has 1 aliphatic rings. The summed E-state index contributed by atoms with van der Waals surface area (Å²) in [6, 6.07) is -0.526. The second kappa shape index (κ2) is 5.81. The first-order valence-corrected chi connectivity index (χ1v) is 5.88. The predicted octanol–water partition coefficient (Wildman–Crippen LogP) is -0.957. The topological polar surface area (TPSA) is 90.5 Å². The molecule has 1 fully saturated rings. The van der Waals surface area contributed by atoms with Gasteiger partial charge in [0.05, 0.1) is 6.54 Å². The fourth-order valence-electron chi connectivity index (χ4n) is 1.90. The summed E-state index contributed by atoms with van der Waals surface area (Å²) < 4.78 is 0. The zero-order valence-electron chi connectivity index (χ0n) is 11.0. The molecule has 18 heavy (non-hydrogen) atoms. The molecule has 0 aliphatic carbocycles. The molecule has 0 unspecified atom stereocenters. The van der Waals surface area contributed by atoms with Crippen molar-refractivity contribution >= 4 is 17.8 Å². The number of amides is 4. The summed E-state index contributed by atoms with van der Waals surface area (Å²) in [6.07, 6.45) is 0.334. The van der Waals surface area contributed by atoms with Gasteiger partial charge in [0.2, 0.25) is 11.8 Å². The maximum atomic E-state index is 11.6. The van der Waals surface area contributed by atoms with Crippen molar-refractivity contribution in [2.75, 3.05) is 26.7 Å². The van der Waals surface area contributed by atoms with Crippen LogP contribution < -0.4 is 16.0 Å². The Hall–Kier alpha value is -1.63. The van der Waals surface area contributed by atoms with E-state index in [1.807, 2.05) is 18.7 Å². The highest BCUT2D eigenvalue weighted by atomic mass is 16.2. The second-order valence-electron chi connectivity index (χ2n) is 4.89. The standard InChI is InChI=1S/C11H20N4O3/c1-11(2)6-8(16)13-4-5-15(11)7-9(17)14-10(18)12-3/h4-7H2,1-3H3,(H,13,16)(H2,12,14,17,18). The van der Waals surface area contributed by atoms with Gasteiger partial charge in [0.1, 0.15) is 0 Å². The minimum absolute atomic E-state index is 0.0193. The lowest BCUT2D eigenvalue weighted by atomic mass is 9.98. The average Bonchev–Trinajstić information content (AvgIpc) is 2.37. The van der Waals surface area contributed by atoms with Crippen LogP contribution in [0.3, 0.4) is 0 Å². The van der Waals surface area contributed by atoms with Crippen LogP contribution in [0.15, 0.2) is 0 Å². The Labute approximate surface area is 106 Å². The molecule has 4 amide bonds.